The van der Waals surface area contributed by atoms with Gasteiger partial charge in [-0.3, -0.25) is 4.79 Å². The van der Waals surface area contributed by atoms with E-state index in [0.717, 1.165) is 12.0 Å². The summed E-state index contributed by atoms with van der Waals surface area (Å²) in [5, 5.41) is 3.41. The first-order valence-corrected chi connectivity index (χ1v) is 5.61. The van der Waals surface area contributed by atoms with Gasteiger partial charge in [-0.15, -0.1) is 0 Å². The first-order chi connectivity index (χ1) is 8.12. The predicted octanol–water partition coefficient (Wildman–Crippen LogP) is 0.340. The summed E-state index contributed by atoms with van der Waals surface area (Å²) >= 11 is 0. The number of fused-ring (bicyclic) bond motifs is 1. The lowest BCUT2D eigenvalue weighted by atomic mass is 9.78. The Bertz CT molecular complexity index is 514. The molecule has 3 rings (SSSR count). The molecule has 1 spiro atoms. The SMILES string of the molecule is NN1C(=O)N[C@]2(CCc3ccccc3C2)C1=O. The topological polar surface area (TPSA) is 75.4 Å². The highest BCUT2D eigenvalue weighted by molar-refractivity contribution is 6.06. The van der Waals surface area contributed by atoms with Crippen molar-refractivity contribution in [3.05, 3.63) is 35.4 Å². The lowest BCUT2D eigenvalue weighted by molar-refractivity contribution is -0.131. The first kappa shape index (κ1) is 10.3. The molecule has 2 aliphatic rings. The van der Waals surface area contributed by atoms with E-state index in [0.29, 0.717) is 17.9 Å². The van der Waals surface area contributed by atoms with Gasteiger partial charge in [-0.05, 0) is 24.0 Å². The van der Waals surface area contributed by atoms with Crippen LogP contribution < -0.4 is 11.2 Å². The molecule has 5 heteroatoms. The summed E-state index contributed by atoms with van der Waals surface area (Å²) in [4.78, 5) is 23.5. The molecule has 0 unspecified atom stereocenters. The number of carbonyl (C=O) groups excluding carboxylic acids is 2. The predicted molar refractivity (Wildman–Crippen MR) is 60.8 cm³/mol. The zero-order valence-electron chi connectivity index (χ0n) is 9.27. The van der Waals surface area contributed by atoms with Gasteiger partial charge in [0.05, 0.1) is 0 Å². The number of nitrogens with zero attached hydrogens (tertiary/aromatic N) is 1. The molecule has 1 heterocycles. The number of benzene rings is 1. The Morgan fingerprint density at radius 1 is 1.24 bits per heavy atom. The largest absolute Gasteiger partial charge is 0.339 e. The molecule has 0 radical (unpaired) electrons. The smallest absolute Gasteiger partial charge is 0.322 e. The molecule has 1 aliphatic carbocycles. The van der Waals surface area contributed by atoms with Crippen LogP contribution in [-0.4, -0.2) is 22.5 Å². The number of hydrogen-bond acceptors (Lipinski definition) is 3. The number of hydrazine groups is 1. The maximum absolute atomic E-state index is 12.0. The number of amides is 3. The molecule has 0 saturated carbocycles. The van der Waals surface area contributed by atoms with Crippen molar-refractivity contribution in [2.75, 3.05) is 0 Å². The van der Waals surface area contributed by atoms with Gasteiger partial charge in [0.1, 0.15) is 5.54 Å². The molecule has 1 atom stereocenters. The maximum atomic E-state index is 12.0. The van der Waals surface area contributed by atoms with Gasteiger partial charge in [-0.25, -0.2) is 10.6 Å². The molecule has 17 heavy (non-hydrogen) atoms. The Kier molecular flexibility index (Phi) is 2.00. The summed E-state index contributed by atoms with van der Waals surface area (Å²) in [6, 6.07) is 7.48. The van der Waals surface area contributed by atoms with Gasteiger partial charge in [-0.1, -0.05) is 24.3 Å². The van der Waals surface area contributed by atoms with Crippen LogP contribution in [0.3, 0.4) is 0 Å². The van der Waals surface area contributed by atoms with Crippen molar-refractivity contribution in [1.29, 1.82) is 0 Å². The van der Waals surface area contributed by atoms with E-state index in [1.807, 2.05) is 18.2 Å². The molecule has 0 aromatic heterocycles. The Balaban J connectivity index is 1.99. The van der Waals surface area contributed by atoms with Gasteiger partial charge in [0.15, 0.2) is 0 Å². The van der Waals surface area contributed by atoms with Crippen LogP contribution in [0, 0.1) is 0 Å². The lowest BCUT2D eigenvalue weighted by Gasteiger charge is -2.31. The van der Waals surface area contributed by atoms with Gasteiger partial charge < -0.3 is 5.32 Å². The monoisotopic (exact) mass is 231 g/mol. The Morgan fingerprint density at radius 3 is 2.59 bits per heavy atom. The number of hydrogen-bond donors (Lipinski definition) is 2. The molecule has 1 aromatic carbocycles. The summed E-state index contributed by atoms with van der Waals surface area (Å²) in [5.74, 6) is 5.10. The second kappa shape index (κ2) is 3.30. The minimum Gasteiger partial charge on any atom is -0.322 e. The second-order valence-corrected chi connectivity index (χ2v) is 4.63. The van der Waals surface area contributed by atoms with Crippen LogP contribution in [0.15, 0.2) is 24.3 Å². The van der Waals surface area contributed by atoms with Crippen LogP contribution in [0.25, 0.3) is 0 Å². The summed E-state index contributed by atoms with van der Waals surface area (Å²) in [6.07, 6.45) is 1.93. The van der Waals surface area contributed by atoms with Crippen LogP contribution in [-0.2, 0) is 17.6 Å². The van der Waals surface area contributed by atoms with Crippen molar-refractivity contribution >= 4 is 11.9 Å². The molecule has 1 aromatic rings. The maximum Gasteiger partial charge on any atom is 0.339 e. The van der Waals surface area contributed by atoms with E-state index >= 15 is 0 Å². The number of rotatable bonds is 0. The zero-order valence-corrected chi connectivity index (χ0v) is 9.27. The van der Waals surface area contributed by atoms with E-state index in [4.69, 9.17) is 5.84 Å². The van der Waals surface area contributed by atoms with Crippen LogP contribution in [0.1, 0.15) is 17.5 Å². The van der Waals surface area contributed by atoms with E-state index in [9.17, 15) is 9.59 Å². The number of urea groups is 1. The molecule has 88 valence electrons. The molecular weight excluding hydrogens is 218 g/mol. The first-order valence-electron chi connectivity index (χ1n) is 5.61. The molecule has 3 N–H and O–H groups in total. The highest BCUT2D eigenvalue weighted by atomic mass is 16.2. The summed E-state index contributed by atoms with van der Waals surface area (Å²) in [5.41, 5.74) is 1.54. The fraction of sp³-hybridized carbons (Fsp3) is 0.333. The zero-order chi connectivity index (χ0) is 12.0. The third-order valence-corrected chi connectivity index (χ3v) is 3.62. The lowest BCUT2D eigenvalue weighted by Crippen LogP contribution is -2.51. The van der Waals surface area contributed by atoms with E-state index in [-0.39, 0.29) is 5.91 Å². The number of carbonyl (C=O) groups is 2. The molecular formula is C12H13N3O2. The van der Waals surface area contributed by atoms with E-state index in [1.54, 1.807) is 0 Å². The molecule has 1 aliphatic heterocycles. The van der Waals surface area contributed by atoms with Crippen LogP contribution in [0.4, 0.5) is 4.79 Å². The number of imide groups is 1. The molecule has 1 saturated heterocycles. The molecule has 5 nitrogen and oxygen atoms in total. The van der Waals surface area contributed by atoms with Gasteiger partial charge in [-0.2, -0.15) is 5.01 Å². The fourth-order valence-electron chi connectivity index (χ4n) is 2.67. The summed E-state index contributed by atoms with van der Waals surface area (Å²) < 4.78 is 0. The van der Waals surface area contributed by atoms with Crippen molar-refractivity contribution in [3.63, 3.8) is 0 Å². The van der Waals surface area contributed by atoms with Gasteiger partial charge in [0, 0.05) is 6.42 Å². The third kappa shape index (κ3) is 1.36. The Morgan fingerprint density at radius 2 is 1.94 bits per heavy atom. The van der Waals surface area contributed by atoms with Crippen molar-refractivity contribution in [2.45, 2.75) is 24.8 Å². The van der Waals surface area contributed by atoms with Gasteiger partial charge >= 0.3 is 6.03 Å². The number of aryl methyl sites for hydroxylation is 1. The summed E-state index contributed by atoms with van der Waals surface area (Å²) in [6.45, 7) is 0. The van der Waals surface area contributed by atoms with Crippen LogP contribution in [0.5, 0.6) is 0 Å². The van der Waals surface area contributed by atoms with Gasteiger partial charge in [0.25, 0.3) is 5.91 Å². The number of nitrogens with two attached hydrogens (primary N) is 1. The Hall–Kier alpha value is -1.88. The minimum atomic E-state index is -0.819. The normalized spacial score (nSPS) is 27.2. The average Bonchev–Trinajstić information content (AvgIpc) is 2.54. The highest BCUT2D eigenvalue weighted by Gasteiger charge is 2.51. The molecule has 3 amide bonds. The van der Waals surface area contributed by atoms with Crippen LogP contribution >= 0.6 is 0 Å². The quantitative estimate of drug-likeness (QED) is 0.384. The minimum absolute atomic E-state index is 0.322. The fourth-order valence-corrected chi connectivity index (χ4v) is 2.67. The number of nitrogens with one attached hydrogen (secondary N) is 1. The van der Waals surface area contributed by atoms with Crippen molar-refractivity contribution in [1.82, 2.24) is 10.3 Å². The van der Waals surface area contributed by atoms with E-state index < -0.39 is 11.6 Å². The second-order valence-electron chi connectivity index (χ2n) is 4.63. The summed E-state index contributed by atoms with van der Waals surface area (Å²) in [7, 11) is 0. The van der Waals surface area contributed by atoms with Crippen molar-refractivity contribution in [2.24, 2.45) is 5.84 Å². The van der Waals surface area contributed by atoms with Gasteiger partial charge in [0.2, 0.25) is 0 Å². The highest BCUT2D eigenvalue weighted by Crippen LogP contribution is 2.32. The van der Waals surface area contributed by atoms with Crippen molar-refractivity contribution in [3.8, 4) is 0 Å². The Labute approximate surface area is 98.6 Å². The van der Waals surface area contributed by atoms with Crippen LogP contribution in [0.2, 0.25) is 0 Å². The van der Waals surface area contributed by atoms with E-state index in [2.05, 4.69) is 11.4 Å². The molecule has 0 bridgehead atoms. The van der Waals surface area contributed by atoms with E-state index in [1.165, 1.54) is 5.56 Å². The molecule has 1 fully saturated rings. The third-order valence-electron chi connectivity index (χ3n) is 3.62. The average molecular weight is 231 g/mol. The van der Waals surface area contributed by atoms with Crippen molar-refractivity contribution < 1.29 is 9.59 Å². The standard InChI is InChI=1S/C12H13N3O2/c13-15-10(16)12(14-11(15)17)6-5-8-3-1-2-4-9(8)7-12/h1-4H,5-7,13H2,(H,14,17)/t12-/m0/s1.